The summed E-state index contributed by atoms with van der Waals surface area (Å²) in [5.74, 6) is 0.424. The number of hydrogen-bond donors (Lipinski definition) is 1. The van der Waals surface area contributed by atoms with E-state index in [1.54, 1.807) is 0 Å². The van der Waals surface area contributed by atoms with E-state index in [2.05, 4.69) is 40.4 Å². The van der Waals surface area contributed by atoms with E-state index in [0.29, 0.717) is 11.7 Å². The van der Waals surface area contributed by atoms with Crippen LogP contribution in [-0.2, 0) is 12.3 Å². The largest absolute Gasteiger partial charge is 0.347 e. The van der Waals surface area contributed by atoms with E-state index in [4.69, 9.17) is 11.6 Å². The number of benzene rings is 2. The maximum atomic E-state index is 12.4. The molecular formula is C20H18ClN3OS. The Bertz CT molecular complexity index is 903. The zero-order valence-electron chi connectivity index (χ0n) is 14.3. The lowest BCUT2D eigenvalue weighted by Crippen LogP contribution is -2.24. The van der Waals surface area contributed by atoms with Crippen LogP contribution in [0.3, 0.4) is 0 Å². The molecule has 4 nitrogen and oxygen atoms in total. The Morgan fingerprint density at radius 3 is 2.65 bits per heavy atom. The number of rotatable bonds is 6. The summed E-state index contributed by atoms with van der Waals surface area (Å²) in [7, 11) is 0. The van der Waals surface area contributed by atoms with Crippen molar-refractivity contribution in [3.63, 3.8) is 0 Å². The normalized spacial score (nSPS) is 10.5. The lowest BCUT2D eigenvalue weighted by molar-refractivity contribution is 0.0945. The van der Waals surface area contributed by atoms with Gasteiger partial charge in [-0.25, -0.2) is 9.97 Å². The lowest BCUT2D eigenvalue weighted by atomic mass is 10.2. The molecule has 2 aromatic carbocycles. The van der Waals surface area contributed by atoms with Gasteiger partial charge in [0.2, 0.25) is 0 Å². The van der Waals surface area contributed by atoms with E-state index in [1.165, 1.54) is 29.1 Å². The van der Waals surface area contributed by atoms with Crippen molar-refractivity contribution >= 4 is 29.3 Å². The minimum Gasteiger partial charge on any atom is -0.347 e. The van der Waals surface area contributed by atoms with Gasteiger partial charge in [0.1, 0.15) is 0 Å². The fourth-order valence-corrected chi connectivity index (χ4v) is 3.33. The molecule has 26 heavy (non-hydrogen) atoms. The summed E-state index contributed by atoms with van der Waals surface area (Å²) < 4.78 is 0. The molecule has 1 amide bonds. The van der Waals surface area contributed by atoms with Gasteiger partial charge in [-0.05, 0) is 18.1 Å². The van der Waals surface area contributed by atoms with Gasteiger partial charge >= 0.3 is 0 Å². The number of aromatic nitrogens is 2. The van der Waals surface area contributed by atoms with Crippen LogP contribution in [0.25, 0.3) is 0 Å². The minimum atomic E-state index is -0.307. The van der Waals surface area contributed by atoms with E-state index in [0.717, 1.165) is 11.3 Å². The SMILES string of the molecule is Cc1cccc(CSc2ncc(Cl)c(C(=O)NCc3ccccc3)n2)c1. The van der Waals surface area contributed by atoms with Crippen LogP contribution in [0.5, 0.6) is 0 Å². The first-order chi connectivity index (χ1) is 12.6. The van der Waals surface area contributed by atoms with Crippen molar-refractivity contribution < 1.29 is 4.79 Å². The molecule has 1 N–H and O–H groups in total. The number of hydrogen-bond acceptors (Lipinski definition) is 4. The zero-order valence-corrected chi connectivity index (χ0v) is 15.8. The Morgan fingerprint density at radius 1 is 1.12 bits per heavy atom. The highest BCUT2D eigenvalue weighted by molar-refractivity contribution is 7.98. The van der Waals surface area contributed by atoms with E-state index in [9.17, 15) is 4.79 Å². The standard InChI is InChI=1S/C20H18ClN3OS/c1-14-6-5-9-16(10-14)13-26-20-23-12-17(21)18(24-20)19(25)22-11-15-7-3-2-4-8-15/h2-10,12H,11,13H2,1H3,(H,22,25). The van der Waals surface area contributed by atoms with Crippen molar-refractivity contribution in [1.82, 2.24) is 15.3 Å². The molecule has 0 fully saturated rings. The van der Waals surface area contributed by atoms with Gasteiger partial charge in [-0.15, -0.1) is 0 Å². The molecule has 3 aromatic rings. The van der Waals surface area contributed by atoms with Gasteiger partial charge in [0.15, 0.2) is 10.9 Å². The topological polar surface area (TPSA) is 54.9 Å². The highest BCUT2D eigenvalue weighted by Gasteiger charge is 2.14. The van der Waals surface area contributed by atoms with Crippen LogP contribution in [0.1, 0.15) is 27.2 Å². The lowest BCUT2D eigenvalue weighted by Gasteiger charge is -2.08. The Morgan fingerprint density at radius 2 is 1.88 bits per heavy atom. The Kier molecular flexibility index (Phi) is 6.26. The number of carbonyl (C=O) groups excluding carboxylic acids is 1. The molecule has 1 heterocycles. The highest BCUT2D eigenvalue weighted by Crippen LogP contribution is 2.22. The second kappa shape index (κ2) is 8.83. The number of nitrogens with zero attached hydrogens (tertiary/aromatic N) is 2. The first-order valence-corrected chi connectivity index (χ1v) is 9.51. The summed E-state index contributed by atoms with van der Waals surface area (Å²) >= 11 is 7.59. The van der Waals surface area contributed by atoms with Crippen LogP contribution in [0.15, 0.2) is 66.0 Å². The Labute approximate surface area is 162 Å². The van der Waals surface area contributed by atoms with Crippen molar-refractivity contribution in [2.45, 2.75) is 24.4 Å². The maximum absolute atomic E-state index is 12.4. The summed E-state index contributed by atoms with van der Waals surface area (Å²) in [6, 6.07) is 18.0. The van der Waals surface area contributed by atoms with Crippen LogP contribution in [-0.4, -0.2) is 15.9 Å². The first-order valence-electron chi connectivity index (χ1n) is 8.15. The summed E-state index contributed by atoms with van der Waals surface area (Å²) in [5.41, 5.74) is 3.61. The van der Waals surface area contributed by atoms with E-state index < -0.39 is 0 Å². The molecule has 1 aromatic heterocycles. The Hall–Kier alpha value is -2.37. The number of carbonyl (C=O) groups is 1. The fourth-order valence-electron chi connectivity index (χ4n) is 2.39. The summed E-state index contributed by atoms with van der Waals surface area (Å²) in [5, 5.41) is 3.62. The van der Waals surface area contributed by atoms with Crippen molar-refractivity contribution in [3.05, 3.63) is 88.2 Å². The van der Waals surface area contributed by atoms with Crippen molar-refractivity contribution in [3.8, 4) is 0 Å². The fraction of sp³-hybridized carbons (Fsp3) is 0.150. The first kappa shape index (κ1) is 18.4. The molecule has 132 valence electrons. The Balaban J connectivity index is 1.65. The molecule has 0 unspecified atom stereocenters. The number of amides is 1. The van der Waals surface area contributed by atoms with Gasteiger partial charge in [0, 0.05) is 12.3 Å². The molecule has 3 rings (SSSR count). The van der Waals surface area contributed by atoms with Crippen molar-refractivity contribution in [2.75, 3.05) is 0 Å². The number of nitrogens with one attached hydrogen (secondary N) is 1. The van der Waals surface area contributed by atoms with Crippen LogP contribution in [0.4, 0.5) is 0 Å². The van der Waals surface area contributed by atoms with Gasteiger partial charge in [0.25, 0.3) is 5.91 Å². The predicted molar refractivity (Wildman–Crippen MR) is 105 cm³/mol. The maximum Gasteiger partial charge on any atom is 0.271 e. The van der Waals surface area contributed by atoms with Gasteiger partial charge in [-0.3, -0.25) is 4.79 Å². The third kappa shape index (κ3) is 5.07. The monoisotopic (exact) mass is 383 g/mol. The quantitative estimate of drug-likeness (QED) is 0.496. The van der Waals surface area contributed by atoms with Gasteiger partial charge < -0.3 is 5.32 Å². The molecule has 0 saturated carbocycles. The van der Waals surface area contributed by atoms with Crippen LogP contribution in [0, 0.1) is 6.92 Å². The molecule has 6 heteroatoms. The van der Waals surface area contributed by atoms with Gasteiger partial charge in [-0.1, -0.05) is 83.5 Å². The second-order valence-electron chi connectivity index (χ2n) is 5.80. The summed E-state index contributed by atoms with van der Waals surface area (Å²) in [4.78, 5) is 21.0. The molecular weight excluding hydrogens is 366 g/mol. The van der Waals surface area contributed by atoms with Crippen LogP contribution < -0.4 is 5.32 Å². The predicted octanol–water partition coefficient (Wildman–Crippen LogP) is 4.66. The molecule has 0 bridgehead atoms. The zero-order chi connectivity index (χ0) is 18.4. The van der Waals surface area contributed by atoms with Gasteiger partial charge in [0.05, 0.1) is 11.2 Å². The highest BCUT2D eigenvalue weighted by atomic mass is 35.5. The van der Waals surface area contributed by atoms with Gasteiger partial charge in [-0.2, -0.15) is 0 Å². The molecule has 0 aliphatic rings. The number of aryl methyl sites for hydroxylation is 1. The molecule has 0 atom stereocenters. The van der Waals surface area contributed by atoms with Crippen molar-refractivity contribution in [1.29, 1.82) is 0 Å². The van der Waals surface area contributed by atoms with Crippen LogP contribution in [0.2, 0.25) is 5.02 Å². The third-order valence-electron chi connectivity index (χ3n) is 3.68. The molecule has 0 saturated heterocycles. The summed E-state index contributed by atoms with van der Waals surface area (Å²) in [6.45, 7) is 2.48. The average molecular weight is 384 g/mol. The minimum absolute atomic E-state index is 0.198. The number of halogens is 1. The molecule has 0 spiro atoms. The number of thioether (sulfide) groups is 1. The smallest absolute Gasteiger partial charge is 0.271 e. The van der Waals surface area contributed by atoms with E-state index in [1.807, 2.05) is 36.4 Å². The van der Waals surface area contributed by atoms with Crippen LogP contribution >= 0.6 is 23.4 Å². The second-order valence-corrected chi connectivity index (χ2v) is 7.14. The van der Waals surface area contributed by atoms with E-state index >= 15 is 0 Å². The average Bonchev–Trinajstić information content (AvgIpc) is 2.66. The third-order valence-corrected chi connectivity index (χ3v) is 4.89. The molecule has 0 radical (unpaired) electrons. The summed E-state index contributed by atoms with van der Waals surface area (Å²) in [6.07, 6.45) is 1.48. The van der Waals surface area contributed by atoms with Crippen molar-refractivity contribution in [2.24, 2.45) is 0 Å². The molecule has 0 aliphatic heterocycles. The molecule has 0 aliphatic carbocycles. The van der Waals surface area contributed by atoms with E-state index in [-0.39, 0.29) is 16.6 Å².